The Morgan fingerprint density at radius 3 is 2.08 bits per heavy atom. The maximum absolute atomic E-state index is 11.7. The summed E-state index contributed by atoms with van der Waals surface area (Å²) < 4.78 is 36.4. The lowest BCUT2D eigenvalue weighted by molar-refractivity contribution is -0.123. The van der Waals surface area contributed by atoms with E-state index in [4.69, 9.17) is 4.74 Å². The molecule has 0 aliphatic carbocycles. The molecular formula is C17H26O5S2. The number of hydrogen-bond acceptors (Lipinski definition) is 5. The highest BCUT2D eigenvalue weighted by Crippen LogP contribution is 2.17. The number of benzene rings is 1. The number of ether oxygens (including phenoxy) is 1. The van der Waals surface area contributed by atoms with E-state index in [0.29, 0.717) is 16.7 Å². The molecule has 0 radical (unpaired) electrons. The van der Waals surface area contributed by atoms with Gasteiger partial charge in [-0.2, -0.15) is 0 Å². The van der Waals surface area contributed by atoms with Crippen LogP contribution in [0.5, 0.6) is 0 Å². The minimum absolute atomic E-state index is 0.161. The summed E-state index contributed by atoms with van der Waals surface area (Å²) in [5.74, 6) is 3.34. The van der Waals surface area contributed by atoms with Crippen molar-refractivity contribution in [2.24, 2.45) is 5.41 Å². The number of hydrogen-bond donors (Lipinski definition) is 0. The lowest BCUT2D eigenvalue weighted by atomic mass is 9.92. The number of ketones is 1. The quantitative estimate of drug-likeness (QED) is 0.598. The normalized spacial score (nSPS) is 16.2. The van der Waals surface area contributed by atoms with Crippen molar-refractivity contribution in [1.82, 2.24) is 0 Å². The van der Waals surface area contributed by atoms with E-state index < -0.39 is 10.1 Å². The van der Waals surface area contributed by atoms with Gasteiger partial charge in [0.15, 0.2) is 11.5 Å². The first-order valence-corrected chi connectivity index (χ1v) is 10.9. The highest BCUT2D eigenvalue weighted by Gasteiger charge is 2.31. The fourth-order valence-electron chi connectivity index (χ4n) is 1.81. The average Bonchev–Trinajstić information content (AvgIpc) is 2.47. The summed E-state index contributed by atoms with van der Waals surface area (Å²) in [5, 5.41) is 0. The van der Waals surface area contributed by atoms with E-state index in [9.17, 15) is 17.8 Å². The second-order valence-electron chi connectivity index (χ2n) is 6.72. The van der Waals surface area contributed by atoms with Crippen LogP contribution < -0.4 is 0 Å². The molecule has 0 bridgehead atoms. The van der Waals surface area contributed by atoms with E-state index in [-0.39, 0.29) is 10.3 Å². The summed E-state index contributed by atoms with van der Waals surface area (Å²) in [4.78, 5) is 11.5. The predicted octanol–water partition coefficient (Wildman–Crippen LogP) is 2.15. The van der Waals surface area contributed by atoms with Gasteiger partial charge in [-0.25, -0.2) is 8.42 Å². The van der Waals surface area contributed by atoms with Crippen LogP contribution in [0.3, 0.4) is 0 Å². The molecule has 0 saturated carbocycles. The number of carbonyl (C=O) groups excluding carboxylic acids is 1. The van der Waals surface area contributed by atoms with Crippen LogP contribution >= 0.6 is 0 Å². The van der Waals surface area contributed by atoms with Gasteiger partial charge in [-0.05, 0) is 30.0 Å². The molecule has 1 aliphatic rings. The van der Waals surface area contributed by atoms with E-state index in [1.165, 1.54) is 12.1 Å². The van der Waals surface area contributed by atoms with Crippen molar-refractivity contribution in [3.63, 3.8) is 0 Å². The molecule has 0 atom stereocenters. The molecule has 0 unspecified atom stereocenters. The number of carbonyl (C=O) groups is 1. The first-order chi connectivity index (χ1) is 11.0. The molecule has 0 spiro atoms. The van der Waals surface area contributed by atoms with E-state index in [1.54, 1.807) is 12.1 Å². The van der Waals surface area contributed by atoms with Gasteiger partial charge in [0, 0.05) is 5.41 Å². The molecule has 1 saturated heterocycles. The number of rotatable bonds is 3. The van der Waals surface area contributed by atoms with Gasteiger partial charge in [0.1, 0.15) is 21.6 Å². The summed E-state index contributed by atoms with van der Waals surface area (Å²) in [6.07, 6.45) is 0. The van der Waals surface area contributed by atoms with Crippen molar-refractivity contribution < 1.29 is 22.5 Å². The van der Waals surface area contributed by atoms with Gasteiger partial charge in [-0.3, -0.25) is 4.79 Å². The van der Waals surface area contributed by atoms with Gasteiger partial charge in [0.2, 0.25) is 0 Å². The Balaban J connectivity index is 0.000000243. The zero-order chi connectivity index (χ0) is 18.4. The van der Waals surface area contributed by atoms with Crippen molar-refractivity contribution in [2.75, 3.05) is 30.5 Å². The number of Topliss-reactive ketones (excluding diaryl/α,β-unsaturated/α-hetero) is 1. The van der Waals surface area contributed by atoms with Gasteiger partial charge in [0.25, 0.3) is 0 Å². The van der Waals surface area contributed by atoms with Crippen LogP contribution in [0.2, 0.25) is 0 Å². The smallest absolute Gasteiger partial charge is 0.187 e. The molecule has 0 amide bonds. The molecule has 1 heterocycles. The maximum atomic E-state index is 11.7. The van der Waals surface area contributed by atoms with Crippen LogP contribution in [0.25, 0.3) is 0 Å². The van der Waals surface area contributed by atoms with Crippen LogP contribution in [0, 0.1) is 12.3 Å². The fourth-order valence-corrected chi connectivity index (χ4v) is 4.28. The van der Waals surface area contributed by atoms with Crippen molar-refractivity contribution in [1.29, 1.82) is 0 Å². The first kappa shape index (κ1) is 21.2. The highest BCUT2D eigenvalue weighted by atomic mass is 32.2. The van der Waals surface area contributed by atoms with E-state index >= 15 is 0 Å². The Bertz CT molecular complexity index is 624. The maximum Gasteiger partial charge on any atom is 0.187 e. The second kappa shape index (κ2) is 8.99. The monoisotopic (exact) mass is 374 g/mol. The van der Waals surface area contributed by atoms with E-state index in [2.05, 4.69) is 0 Å². The molecule has 1 fully saturated rings. The molecule has 2 rings (SSSR count). The Morgan fingerprint density at radius 2 is 1.67 bits per heavy atom. The molecule has 1 aromatic rings. The average molecular weight is 375 g/mol. The number of aryl methyl sites for hydroxylation is 1. The van der Waals surface area contributed by atoms with Crippen molar-refractivity contribution in [2.45, 2.75) is 32.6 Å². The lowest BCUT2D eigenvalue weighted by Crippen LogP contribution is -2.35. The molecule has 24 heavy (non-hydrogen) atoms. The molecule has 1 aromatic carbocycles. The van der Waals surface area contributed by atoms with Gasteiger partial charge >= 0.3 is 0 Å². The zero-order valence-electron chi connectivity index (χ0n) is 14.7. The van der Waals surface area contributed by atoms with Crippen LogP contribution in [0.1, 0.15) is 26.3 Å². The minimum atomic E-state index is -4.27. The van der Waals surface area contributed by atoms with Crippen LogP contribution in [-0.4, -0.2) is 49.2 Å². The van der Waals surface area contributed by atoms with Crippen LogP contribution in [0.4, 0.5) is 0 Å². The molecule has 1 aliphatic heterocycles. The standard InChI is InChI=1S/C10H19O2S.C7H8O3S/c1-10(2,3)9(11)8-13-6-4-12-5-7-13;1-6-2-4-7(5-3-6)11(8,9)10/h4-8H2,1-3H3;2-5H,1H3,(H,8,9,10)/q+1;/p-1. The molecule has 0 aromatic heterocycles. The Morgan fingerprint density at radius 1 is 1.17 bits per heavy atom. The molecule has 136 valence electrons. The molecule has 0 N–H and O–H groups in total. The van der Waals surface area contributed by atoms with Gasteiger partial charge in [0.05, 0.1) is 18.1 Å². The minimum Gasteiger partial charge on any atom is -0.744 e. The van der Waals surface area contributed by atoms with E-state index in [0.717, 1.165) is 36.0 Å². The highest BCUT2D eigenvalue weighted by molar-refractivity contribution is 7.97. The SMILES string of the molecule is CC(C)(C)C(=O)C[S+]1CCOCC1.Cc1ccc(S(=O)(=O)[O-])cc1. The second-order valence-corrected chi connectivity index (χ2v) is 10.4. The largest absolute Gasteiger partial charge is 0.744 e. The lowest BCUT2D eigenvalue weighted by Gasteiger charge is -2.19. The van der Waals surface area contributed by atoms with Crippen molar-refractivity contribution in [3.05, 3.63) is 29.8 Å². The third-order valence-corrected chi connectivity index (χ3v) is 6.52. The molecule has 7 heteroatoms. The van der Waals surface area contributed by atoms with Gasteiger partial charge < -0.3 is 9.29 Å². The summed E-state index contributed by atoms with van der Waals surface area (Å²) in [6.45, 7) is 9.51. The Kier molecular flexibility index (Phi) is 7.92. The fraction of sp³-hybridized carbons (Fsp3) is 0.588. The topological polar surface area (TPSA) is 83.5 Å². The van der Waals surface area contributed by atoms with Crippen LogP contribution in [-0.2, 0) is 30.5 Å². The summed E-state index contributed by atoms with van der Waals surface area (Å²) in [7, 11) is -3.97. The summed E-state index contributed by atoms with van der Waals surface area (Å²) in [6, 6.07) is 5.78. The Hall–Kier alpha value is -0.890. The third-order valence-electron chi connectivity index (χ3n) is 3.51. The Labute approximate surface area is 147 Å². The molecule has 5 nitrogen and oxygen atoms in total. The van der Waals surface area contributed by atoms with Gasteiger partial charge in [-0.15, -0.1) is 0 Å². The first-order valence-electron chi connectivity index (χ1n) is 7.78. The van der Waals surface area contributed by atoms with Crippen LogP contribution in [0.15, 0.2) is 29.2 Å². The van der Waals surface area contributed by atoms with Crippen molar-refractivity contribution in [3.8, 4) is 0 Å². The van der Waals surface area contributed by atoms with Crippen molar-refractivity contribution >= 4 is 26.8 Å². The third kappa shape index (κ3) is 7.79. The summed E-state index contributed by atoms with van der Waals surface area (Å²) in [5.41, 5.74) is 0.767. The summed E-state index contributed by atoms with van der Waals surface area (Å²) >= 11 is 0. The predicted molar refractivity (Wildman–Crippen MR) is 96.4 cm³/mol. The molecular weight excluding hydrogens is 348 g/mol. The van der Waals surface area contributed by atoms with E-state index in [1.807, 2.05) is 27.7 Å². The van der Waals surface area contributed by atoms with Gasteiger partial charge in [-0.1, -0.05) is 38.5 Å². The zero-order valence-corrected chi connectivity index (χ0v) is 16.3.